The summed E-state index contributed by atoms with van der Waals surface area (Å²) in [4.78, 5) is 0. The zero-order chi connectivity index (χ0) is 9.68. The first-order chi connectivity index (χ1) is 6.26. The summed E-state index contributed by atoms with van der Waals surface area (Å²) in [5.41, 5.74) is 2.53. The molecule has 4 heteroatoms. The average Bonchev–Trinajstić information content (AvgIpc) is 2.04. The van der Waals surface area contributed by atoms with E-state index in [1.807, 2.05) is 19.1 Å². The van der Waals surface area contributed by atoms with Gasteiger partial charge in [0, 0.05) is 0 Å². The molecular formula is C9H10N2O2. The van der Waals surface area contributed by atoms with Crippen LogP contribution in [0.5, 0.6) is 0 Å². The smallest absolute Gasteiger partial charge is 0.0734 e. The summed E-state index contributed by atoms with van der Waals surface area (Å²) in [7, 11) is 0. The van der Waals surface area contributed by atoms with Crippen LogP contribution in [-0.2, 0) is 0 Å². The minimum atomic E-state index is 0.761. The van der Waals surface area contributed by atoms with Crippen molar-refractivity contribution < 1.29 is 10.4 Å². The number of rotatable bonds is 2. The van der Waals surface area contributed by atoms with Gasteiger partial charge in [-0.05, 0) is 29.7 Å². The number of hydrogen-bond acceptors (Lipinski definition) is 4. The van der Waals surface area contributed by atoms with Crippen molar-refractivity contribution in [2.24, 2.45) is 10.3 Å². The topological polar surface area (TPSA) is 65.2 Å². The van der Waals surface area contributed by atoms with Crippen LogP contribution < -0.4 is 0 Å². The van der Waals surface area contributed by atoms with Crippen LogP contribution in [0.3, 0.4) is 0 Å². The molecule has 0 aliphatic heterocycles. The molecule has 0 saturated heterocycles. The average molecular weight is 178 g/mol. The molecule has 0 amide bonds. The number of nitrogens with zero attached hydrogens (tertiary/aromatic N) is 2. The highest BCUT2D eigenvalue weighted by atomic mass is 16.4. The zero-order valence-corrected chi connectivity index (χ0v) is 7.18. The lowest BCUT2D eigenvalue weighted by Gasteiger charge is -1.98. The second-order valence-corrected chi connectivity index (χ2v) is 2.67. The number of oxime groups is 2. The lowest BCUT2D eigenvalue weighted by Crippen LogP contribution is -1.88. The minimum absolute atomic E-state index is 0.761. The Hall–Kier alpha value is -1.84. The first-order valence-corrected chi connectivity index (χ1v) is 3.73. The van der Waals surface area contributed by atoms with Gasteiger partial charge in [0.25, 0.3) is 0 Å². The molecule has 0 fully saturated rings. The van der Waals surface area contributed by atoms with Crippen LogP contribution in [0.4, 0.5) is 0 Å². The highest BCUT2D eigenvalue weighted by molar-refractivity contribution is 5.86. The Kier molecular flexibility index (Phi) is 3.03. The molecule has 0 aliphatic carbocycles. The van der Waals surface area contributed by atoms with E-state index in [0.29, 0.717) is 0 Å². The van der Waals surface area contributed by atoms with E-state index in [4.69, 9.17) is 10.4 Å². The van der Waals surface area contributed by atoms with Crippen LogP contribution in [0.15, 0.2) is 28.5 Å². The molecule has 1 aromatic rings. The molecule has 0 unspecified atom stereocenters. The summed E-state index contributed by atoms with van der Waals surface area (Å²) in [6.45, 7) is 1.91. The molecule has 0 radical (unpaired) electrons. The fraction of sp³-hybridized carbons (Fsp3) is 0.111. The molecule has 68 valence electrons. The predicted octanol–water partition coefficient (Wildman–Crippen LogP) is 1.61. The number of aryl methyl sites for hydroxylation is 1. The van der Waals surface area contributed by atoms with Gasteiger partial charge in [0.2, 0.25) is 0 Å². The van der Waals surface area contributed by atoms with Crippen LogP contribution >= 0.6 is 0 Å². The van der Waals surface area contributed by atoms with Crippen LogP contribution in [-0.4, -0.2) is 22.8 Å². The van der Waals surface area contributed by atoms with Gasteiger partial charge in [-0.25, -0.2) is 0 Å². The fourth-order valence-electron chi connectivity index (χ4n) is 1.13. The third kappa shape index (κ3) is 2.59. The molecule has 1 rings (SSSR count). The van der Waals surface area contributed by atoms with Gasteiger partial charge in [-0.1, -0.05) is 22.4 Å². The molecule has 1 aromatic carbocycles. The highest BCUT2D eigenvalue weighted by Gasteiger charge is 1.94. The van der Waals surface area contributed by atoms with Gasteiger partial charge in [0.15, 0.2) is 0 Å². The van der Waals surface area contributed by atoms with Gasteiger partial charge in [0.05, 0.1) is 12.4 Å². The van der Waals surface area contributed by atoms with Crippen molar-refractivity contribution in [2.75, 3.05) is 0 Å². The van der Waals surface area contributed by atoms with Gasteiger partial charge < -0.3 is 10.4 Å². The summed E-state index contributed by atoms with van der Waals surface area (Å²) < 4.78 is 0. The Balaban J connectivity index is 3.10. The van der Waals surface area contributed by atoms with Gasteiger partial charge in [-0.15, -0.1) is 0 Å². The van der Waals surface area contributed by atoms with E-state index in [1.54, 1.807) is 6.07 Å². The largest absolute Gasteiger partial charge is 0.411 e. The monoisotopic (exact) mass is 178 g/mol. The zero-order valence-electron chi connectivity index (χ0n) is 7.18. The number of hydrogen-bond donors (Lipinski definition) is 2. The maximum absolute atomic E-state index is 8.32. The molecule has 2 N–H and O–H groups in total. The minimum Gasteiger partial charge on any atom is -0.411 e. The summed E-state index contributed by atoms with van der Waals surface area (Å²) in [5, 5.41) is 22.5. The second-order valence-electron chi connectivity index (χ2n) is 2.67. The molecular weight excluding hydrogens is 168 g/mol. The van der Waals surface area contributed by atoms with Crippen molar-refractivity contribution >= 4 is 12.4 Å². The van der Waals surface area contributed by atoms with Crippen LogP contribution in [0.1, 0.15) is 16.7 Å². The van der Waals surface area contributed by atoms with Crippen molar-refractivity contribution in [1.82, 2.24) is 0 Å². The third-order valence-electron chi connectivity index (χ3n) is 1.54. The van der Waals surface area contributed by atoms with Gasteiger partial charge in [-0.2, -0.15) is 0 Å². The lowest BCUT2D eigenvalue weighted by molar-refractivity contribution is 0.322. The van der Waals surface area contributed by atoms with E-state index < -0.39 is 0 Å². The predicted molar refractivity (Wildman–Crippen MR) is 49.9 cm³/mol. The van der Waals surface area contributed by atoms with Crippen molar-refractivity contribution in [3.63, 3.8) is 0 Å². The Labute approximate surface area is 75.8 Å². The van der Waals surface area contributed by atoms with Crippen molar-refractivity contribution in [3.8, 4) is 0 Å². The van der Waals surface area contributed by atoms with E-state index in [2.05, 4.69) is 10.3 Å². The highest BCUT2D eigenvalue weighted by Crippen LogP contribution is 2.06. The van der Waals surface area contributed by atoms with Crippen molar-refractivity contribution in [1.29, 1.82) is 0 Å². The molecule has 0 heterocycles. The first kappa shape index (κ1) is 9.25. The molecule has 0 bridgehead atoms. The second kappa shape index (κ2) is 4.25. The van der Waals surface area contributed by atoms with E-state index in [9.17, 15) is 0 Å². The standard InChI is InChI=1S/C9H10N2O2/c1-7-2-8(5-10-12)4-9(3-7)6-11-13/h2-6,12-13H,1H3. The molecule has 0 atom stereocenters. The maximum Gasteiger partial charge on any atom is 0.0734 e. The molecule has 4 nitrogen and oxygen atoms in total. The summed E-state index contributed by atoms with van der Waals surface area (Å²) >= 11 is 0. The Bertz CT molecular complexity index is 315. The number of benzene rings is 1. The van der Waals surface area contributed by atoms with Crippen LogP contribution in [0.25, 0.3) is 0 Å². The fourth-order valence-corrected chi connectivity index (χ4v) is 1.13. The van der Waals surface area contributed by atoms with Crippen LogP contribution in [0.2, 0.25) is 0 Å². The summed E-state index contributed by atoms with van der Waals surface area (Å²) in [6.07, 6.45) is 2.64. The van der Waals surface area contributed by atoms with Crippen LogP contribution in [0, 0.1) is 6.92 Å². The molecule has 13 heavy (non-hydrogen) atoms. The van der Waals surface area contributed by atoms with Gasteiger partial charge in [-0.3, -0.25) is 0 Å². The SMILES string of the molecule is Cc1cc(C=NO)cc(C=NO)c1. The third-order valence-corrected chi connectivity index (χ3v) is 1.54. The molecule has 0 spiro atoms. The maximum atomic E-state index is 8.32. The van der Waals surface area contributed by atoms with Crippen molar-refractivity contribution in [2.45, 2.75) is 6.92 Å². The summed E-state index contributed by atoms with van der Waals surface area (Å²) in [6, 6.07) is 5.45. The quantitative estimate of drug-likeness (QED) is 0.410. The van der Waals surface area contributed by atoms with Gasteiger partial charge >= 0.3 is 0 Å². The van der Waals surface area contributed by atoms with Gasteiger partial charge in [0.1, 0.15) is 0 Å². The van der Waals surface area contributed by atoms with Crippen molar-refractivity contribution in [3.05, 3.63) is 34.9 Å². The van der Waals surface area contributed by atoms with E-state index >= 15 is 0 Å². The first-order valence-electron chi connectivity index (χ1n) is 3.73. The Morgan fingerprint density at radius 1 is 1.00 bits per heavy atom. The normalized spacial score (nSPS) is 11.5. The lowest BCUT2D eigenvalue weighted by atomic mass is 10.1. The van der Waals surface area contributed by atoms with E-state index in [0.717, 1.165) is 16.7 Å². The van der Waals surface area contributed by atoms with E-state index in [-0.39, 0.29) is 0 Å². The Morgan fingerprint density at radius 3 is 1.85 bits per heavy atom. The molecule has 0 aromatic heterocycles. The molecule has 0 aliphatic rings. The molecule has 0 saturated carbocycles. The Morgan fingerprint density at radius 2 is 1.46 bits per heavy atom. The summed E-state index contributed by atoms with van der Waals surface area (Å²) in [5.74, 6) is 0. The van der Waals surface area contributed by atoms with E-state index in [1.165, 1.54) is 12.4 Å².